The Bertz CT molecular complexity index is 657. The van der Waals surface area contributed by atoms with E-state index in [1.165, 1.54) is 25.1 Å². The minimum Gasteiger partial charge on any atom is -0.506 e. The van der Waals surface area contributed by atoms with Gasteiger partial charge in [-0.25, -0.2) is 0 Å². The van der Waals surface area contributed by atoms with Crippen molar-refractivity contribution in [3.63, 3.8) is 0 Å². The fourth-order valence-corrected chi connectivity index (χ4v) is 1.70. The maximum absolute atomic E-state index is 12.8. The van der Waals surface area contributed by atoms with Gasteiger partial charge in [0.15, 0.2) is 0 Å². The van der Waals surface area contributed by atoms with Gasteiger partial charge < -0.3 is 10.4 Å². The van der Waals surface area contributed by atoms with E-state index in [0.717, 1.165) is 6.07 Å². The Morgan fingerprint density at radius 1 is 1.38 bits per heavy atom. The fraction of sp³-hybridized carbons (Fsp3) is 0.143. The van der Waals surface area contributed by atoms with Crippen LogP contribution in [0.15, 0.2) is 47.7 Å². The molecule has 1 aromatic rings. The van der Waals surface area contributed by atoms with Crippen molar-refractivity contribution in [1.29, 1.82) is 5.26 Å². The van der Waals surface area contributed by atoms with Crippen LogP contribution in [0.2, 0.25) is 0 Å². The highest BCUT2D eigenvalue weighted by Gasteiger charge is 2.33. The number of anilines is 1. The summed E-state index contributed by atoms with van der Waals surface area (Å²) in [7, 11) is 0. The first-order valence-corrected chi connectivity index (χ1v) is 6.06. The first-order valence-electron chi connectivity index (χ1n) is 5.65. The molecule has 0 unspecified atom stereocenters. The number of alkyl halides is 3. The molecule has 21 heavy (non-hydrogen) atoms. The Labute approximate surface area is 125 Å². The Morgan fingerprint density at radius 3 is 2.43 bits per heavy atom. The van der Waals surface area contributed by atoms with Crippen molar-refractivity contribution in [2.45, 2.75) is 13.1 Å². The van der Waals surface area contributed by atoms with Crippen molar-refractivity contribution in [2.75, 3.05) is 5.32 Å². The van der Waals surface area contributed by atoms with Crippen LogP contribution in [-0.4, -0.2) is 10.1 Å². The quantitative estimate of drug-likeness (QED) is 0.286. The third kappa shape index (κ3) is 4.07. The molecule has 0 bridgehead atoms. The summed E-state index contributed by atoms with van der Waals surface area (Å²) in [6.45, 7) is 4.89. The zero-order valence-corrected chi connectivity index (χ0v) is 11.8. The molecule has 0 heterocycles. The zero-order valence-electron chi connectivity index (χ0n) is 11.0. The van der Waals surface area contributed by atoms with Crippen molar-refractivity contribution in [1.82, 2.24) is 0 Å². The van der Waals surface area contributed by atoms with Gasteiger partial charge in [-0.1, -0.05) is 30.9 Å². The van der Waals surface area contributed by atoms with Gasteiger partial charge in [-0.15, -0.1) is 0 Å². The van der Waals surface area contributed by atoms with E-state index in [0.29, 0.717) is 0 Å². The number of para-hydroxylation sites is 1. The number of hydrogen-bond acceptors (Lipinski definition) is 3. The maximum atomic E-state index is 12.8. The average molecular weight is 312 g/mol. The lowest BCUT2D eigenvalue weighted by Gasteiger charge is -2.15. The highest BCUT2D eigenvalue weighted by atomic mass is 32.1. The van der Waals surface area contributed by atoms with Gasteiger partial charge in [0, 0.05) is 0 Å². The van der Waals surface area contributed by atoms with E-state index in [-0.39, 0.29) is 21.8 Å². The predicted octanol–water partition coefficient (Wildman–Crippen LogP) is 4.36. The van der Waals surface area contributed by atoms with E-state index >= 15 is 0 Å². The molecule has 3 nitrogen and oxygen atoms in total. The van der Waals surface area contributed by atoms with E-state index in [9.17, 15) is 18.3 Å². The number of aliphatic hydroxyl groups excluding tert-OH is 1. The van der Waals surface area contributed by atoms with Gasteiger partial charge in [0.1, 0.15) is 22.4 Å². The van der Waals surface area contributed by atoms with Gasteiger partial charge in [0.25, 0.3) is 0 Å². The Balaban J connectivity index is 3.19. The molecule has 0 fully saturated rings. The SMILES string of the molecule is C=C(C)/C(O)=C(\C#N)C(=S)Nc1ccccc1C(F)(F)F. The minimum absolute atomic E-state index is 0.180. The van der Waals surface area contributed by atoms with Crippen LogP contribution >= 0.6 is 12.2 Å². The second-order valence-corrected chi connectivity index (χ2v) is 4.52. The minimum atomic E-state index is -4.56. The summed E-state index contributed by atoms with van der Waals surface area (Å²) >= 11 is 4.87. The van der Waals surface area contributed by atoms with E-state index in [1.54, 1.807) is 6.07 Å². The van der Waals surface area contributed by atoms with Crippen molar-refractivity contribution >= 4 is 22.9 Å². The van der Waals surface area contributed by atoms with Crippen LogP contribution in [-0.2, 0) is 6.18 Å². The summed E-state index contributed by atoms with van der Waals surface area (Å²) in [4.78, 5) is -0.310. The number of nitrogens with zero attached hydrogens (tertiary/aromatic N) is 1. The van der Waals surface area contributed by atoms with Gasteiger partial charge in [-0.2, -0.15) is 18.4 Å². The molecule has 0 radical (unpaired) electrons. The summed E-state index contributed by atoms with van der Waals surface area (Å²) in [5, 5.41) is 21.0. The third-order valence-electron chi connectivity index (χ3n) is 2.46. The van der Waals surface area contributed by atoms with Gasteiger partial charge in [-0.05, 0) is 24.6 Å². The van der Waals surface area contributed by atoms with Crippen LogP contribution in [0.4, 0.5) is 18.9 Å². The summed E-state index contributed by atoms with van der Waals surface area (Å²) in [5.74, 6) is -0.459. The first kappa shape index (κ1) is 16.7. The summed E-state index contributed by atoms with van der Waals surface area (Å²) in [6, 6.07) is 6.35. The number of rotatable bonds is 3. The van der Waals surface area contributed by atoms with Gasteiger partial charge in [-0.3, -0.25) is 0 Å². The number of thiocarbonyl (C=S) groups is 1. The van der Waals surface area contributed by atoms with E-state index in [2.05, 4.69) is 11.9 Å². The van der Waals surface area contributed by atoms with Crippen LogP contribution in [0.5, 0.6) is 0 Å². The topological polar surface area (TPSA) is 56.0 Å². The molecule has 0 saturated carbocycles. The molecule has 0 amide bonds. The highest BCUT2D eigenvalue weighted by Crippen LogP contribution is 2.34. The molecule has 1 aromatic carbocycles. The predicted molar refractivity (Wildman–Crippen MR) is 77.7 cm³/mol. The monoisotopic (exact) mass is 312 g/mol. The number of nitrogens with one attached hydrogen (secondary N) is 1. The normalized spacial score (nSPS) is 12.1. The number of halogens is 3. The number of aliphatic hydroxyl groups is 1. The van der Waals surface area contributed by atoms with Crippen LogP contribution < -0.4 is 5.32 Å². The Hall–Kier alpha value is -2.33. The lowest BCUT2D eigenvalue weighted by atomic mass is 10.1. The molecule has 2 N–H and O–H groups in total. The molecule has 0 aliphatic carbocycles. The highest BCUT2D eigenvalue weighted by molar-refractivity contribution is 7.81. The molecule has 110 valence electrons. The van der Waals surface area contributed by atoms with Crippen molar-refractivity contribution in [3.05, 3.63) is 53.3 Å². The van der Waals surface area contributed by atoms with Crippen molar-refractivity contribution in [2.24, 2.45) is 0 Å². The van der Waals surface area contributed by atoms with E-state index < -0.39 is 17.5 Å². The van der Waals surface area contributed by atoms with Crippen LogP contribution in [0.3, 0.4) is 0 Å². The van der Waals surface area contributed by atoms with Crippen molar-refractivity contribution < 1.29 is 18.3 Å². The van der Waals surface area contributed by atoms with Crippen LogP contribution in [0.1, 0.15) is 12.5 Å². The number of benzene rings is 1. The molecule has 0 aromatic heterocycles. The molecule has 0 spiro atoms. The first-order chi connectivity index (χ1) is 9.68. The Morgan fingerprint density at radius 2 is 1.95 bits per heavy atom. The second-order valence-electron chi connectivity index (χ2n) is 4.11. The van der Waals surface area contributed by atoms with Gasteiger partial charge in [0.2, 0.25) is 0 Å². The smallest absolute Gasteiger partial charge is 0.418 e. The molecule has 0 aliphatic heterocycles. The molecule has 0 saturated heterocycles. The largest absolute Gasteiger partial charge is 0.506 e. The lowest BCUT2D eigenvalue weighted by Crippen LogP contribution is -2.17. The van der Waals surface area contributed by atoms with Gasteiger partial charge >= 0.3 is 6.18 Å². The van der Waals surface area contributed by atoms with E-state index in [1.807, 2.05) is 0 Å². The van der Waals surface area contributed by atoms with Crippen LogP contribution in [0, 0.1) is 11.3 Å². The molecule has 7 heteroatoms. The number of hydrogen-bond donors (Lipinski definition) is 2. The zero-order chi connectivity index (χ0) is 16.2. The van der Waals surface area contributed by atoms with E-state index in [4.69, 9.17) is 17.5 Å². The van der Waals surface area contributed by atoms with Crippen LogP contribution in [0.25, 0.3) is 0 Å². The molecule has 0 aliphatic rings. The molecule has 1 rings (SSSR count). The molecular formula is C14H11F3N2OS. The van der Waals surface area contributed by atoms with Crippen molar-refractivity contribution in [3.8, 4) is 6.07 Å². The Kier molecular flexibility index (Phi) is 5.11. The average Bonchev–Trinajstić information content (AvgIpc) is 2.38. The number of allylic oxidation sites excluding steroid dienone is 1. The summed E-state index contributed by atoms with van der Waals surface area (Å²) in [6.07, 6.45) is -4.56. The van der Waals surface area contributed by atoms with Gasteiger partial charge in [0.05, 0.1) is 11.3 Å². The lowest BCUT2D eigenvalue weighted by molar-refractivity contribution is -0.136. The standard InChI is InChI=1S/C14H11F3N2OS/c1-8(2)12(20)9(7-18)13(21)19-11-6-4-3-5-10(11)14(15,16)17/h3-6,20H,1H2,2H3,(H,19,21)/b12-9-. The third-order valence-corrected chi connectivity index (χ3v) is 2.77. The molecular weight excluding hydrogens is 301 g/mol. The number of nitriles is 1. The maximum Gasteiger partial charge on any atom is 0.418 e. The molecule has 0 atom stereocenters. The second kappa shape index (κ2) is 6.41. The fourth-order valence-electron chi connectivity index (χ4n) is 1.45. The summed E-state index contributed by atoms with van der Waals surface area (Å²) in [5.41, 5.74) is -1.37. The summed E-state index contributed by atoms with van der Waals surface area (Å²) < 4.78 is 38.5.